The molecule has 0 spiro atoms. The highest BCUT2D eigenvalue weighted by Gasteiger charge is 2.20. The third-order valence-electron chi connectivity index (χ3n) is 4.33. The molecule has 0 saturated carbocycles. The minimum absolute atomic E-state index is 0.138. The summed E-state index contributed by atoms with van der Waals surface area (Å²) in [5.74, 6) is -1.28. The molecule has 0 aliphatic heterocycles. The second-order valence-electron chi connectivity index (χ2n) is 6.20. The van der Waals surface area contributed by atoms with Gasteiger partial charge in [0.1, 0.15) is 5.75 Å². The molecule has 8 heteroatoms. The smallest absolute Gasteiger partial charge is 0.254 e. The first-order valence-corrected chi connectivity index (χ1v) is 9.75. The Balaban J connectivity index is 2.16. The number of nitrogens with zero attached hydrogens (tertiary/aromatic N) is 1. The van der Waals surface area contributed by atoms with Gasteiger partial charge in [0.05, 0.1) is 21.7 Å². The number of hydrogen-bond donors (Lipinski definition) is 2. The zero-order chi connectivity index (χ0) is 20.4. The van der Waals surface area contributed by atoms with Crippen LogP contribution in [0.25, 0.3) is 0 Å². The van der Waals surface area contributed by atoms with E-state index in [1.165, 1.54) is 10.8 Å². The highest BCUT2D eigenvalue weighted by Crippen LogP contribution is 2.30. The van der Waals surface area contributed by atoms with E-state index in [1.807, 2.05) is 24.3 Å². The predicted octanol–water partition coefficient (Wildman–Crippen LogP) is 4.55. The number of primary amides is 1. The topological polar surface area (TPSA) is 85.3 Å². The number of nitrogens with two attached hydrogens (primary N) is 1. The van der Waals surface area contributed by atoms with Gasteiger partial charge < -0.3 is 15.4 Å². The van der Waals surface area contributed by atoms with Gasteiger partial charge in [0.15, 0.2) is 0 Å². The molecule has 1 atom stereocenters. The highest BCUT2D eigenvalue weighted by atomic mass is 79.9. The summed E-state index contributed by atoms with van der Waals surface area (Å²) in [4.78, 5) is 24.3. The van der Waals surface area contributed by atoms with Gasteiger partial charge in [-0.1, -0.05) is 57.3 Å². The molecule has 0 fully saturated rings. The van der Waals surface area contributed by atoms with Crippen molar-refractivity contribution in [3.8, 4) is 5.75 Å². The number of halogens is 3. The van der Waals surface area contributed by atoms with E-state index in [1.54, 1.807) is 18.2 Å². The van der Waals surface area contributed by atoms with E-state index in [-0.39, 0.29) is 5.56 Å². The van der Waals surface area contributed by atoms with E-state index < -0.39 is 23.3 Å². The number of aromatic hydroxyl groups is 1. The number of carbonyl (C=O) groups excluding carboxylic acids is 1. The molecule has 3 rings (SSSR count). The van der Waals surface area contributed by atoms with Crippen LogP contribution in [0, 0.1) is 0 Å². The maximum atomic E-state index is 12.6. The molecule has 0 aliphatic carbocycles. The quantitative estimate of drug-likeness (QED) is 0.560. The van der Waals surface area contributed by atoms with Crippen molar-refractivity contribution in [1.29, 1.82) is 0 Å². The van der Waals surface area contributed by atoms with E-state index in [0.717, 1.165) is 21.7 Å². The Hall–Kier alpha value is -2.28. The van der Waals surface area contributed by atoms with Gasteiger partial charge in [0.2, 0.25) is 0 Å². The Bertz CT molecular complexity index is 1100. The fourth-order valence-corrected chi connectivity index (χ4v) is 3.48. The maximum Gasteiger partial charge on any atom is 0.254 e. The summed E-state index contributed by atoms with van der Waals surface area (Å²) in [7, 11) is 0. The lowest BCUT2D eigenvalue weighted by molar-refractivity contribution is 0.0996. The number of aromatic nitrogens is 1. The van der Waals surface area contributed by atoms with Crippen LogP contribution in [0.3, 0.4) is 0 Å². The standard InChI is InChI=1S/C20H15BrCl2N2O3/c21-13-4-1-11(2-5-13)7-17(12-3-6-15(22)16(23)8-12)25-10-14(20(24)28)18(26)9-19(25)27/h1-6,8-10,17,26H,7H2,(H2,24,28). The van der Waals surface area contributed by atoms with Gasteiger partial charge in [0.25, 0.3) is 11.5 Å². The summed E-state index contributed by atoms with van der Waals surface area (Å²) in [5.41, 5.74) is 6.39. The number of carbonyl (C=O) groups is 1. The normalized spacial score (nSPS) is 12.0. The van der Waals surface area contributed by atoms with Crippen LogP contribution in [0.2, 0.25) is 10.0 Å². The summed E-state index contributed by atoms with van der Waals surface area (Å²) in [6.45, 7) is 0. The van der Waals surface area contributed by atoms with Crippen molar-refractivity contribution in [2.45, 2.75) is 12.5 Å². The van der Waals surface area contributed by atoms with E-state index >= 15 is 0 Å². The van der Waals surface area contributed by atoms with Crippen molar-refractivity contribution in [2.24, 2.45) is 5.73 Å². The molecule has 2 aromatic carbocycles. The second-order valence-corrected chi connectivity index (χ2v) is 7.93. The number of hydrogen-bond acceptors (Lipinski definition) is 3. The van der Waals surface area contributed by atoms with E-state index in [4.69, 9.17) is 28.9 Å². The summed E-state index contributed by atoms with van der Waals surface area (Å²) in [6.07, 6.45) is 1.71. The molecular weight excluding hydrogens is 467 g/mol. The molecule has 28 heavy (non-hydrogen) atoms. The van der Waals surface area contributed by atoms with Gasteiger partial charge >= 0.3 is 0 Å². The van der Waals surface area contributed by atoms with Gasteiger partial charge in [-0.2, -0.15) is 0 Å². The Morgan fingerprint density at radius 3 is 2.39 bits per heavy atom. The Morgan fingerprint density at radius 1 is 1.11 bits per heavy atom. The largest absolute Gasteiger partial charge is 0.507 e. The second kappa shape index (κ2) is 8.39. The number of amides is 1. The molecule has 0 aliphatic rings. The summed E-state index contributed by atoms with van der Waals surface area (Å²) in [5, 5.41) is 10.6. The highest BCUT2D eigenvalue weighted by molar-refractivity contribution is 9.10. The Morgan fingerprint density at radius 2 is 1.79 bits per heavy atom. The van der Waals surface area contributed by atoms with Crippen molar-refractivity contribution in [2.75, 3.05) is 0 Å². The van der Waals surface area contributed by atoms with Gasteiger partial charge in [-0.3, -0.25) is 9.59 Å². The van der Waals surface area contributed by atoms with E-state index in [0.29, 0.717) is 16.5 Å². The lowest BCUT2D eigenvalue weighted by Crippen LogP contribution is -2.28. The zero-order valence-electron chi connectivity index (χ0n) is 14.4. The average molecular weight is 482 g/mol. The Labute approximate surface area is 179 Å². The fraction of sp³-hybridized carbons (Fsp3) is 0.100. The SMILES string of the molecule is NC(=O)c1cn(C(Cc2ccc(Br)cc2)c2ccc(Cl)c(Cl)c2)c(=O)cc1O. The molecule has 1 amide bonds. The zero-order valence-corrected chi connectivity index (χ0v) is 17.5. The van der Waals surface area contributed by atoms with Crippen molar-refractivity contribution in [1.82, 2.24) is 4.57 Å². The van der Waals surface area contributed by atoms with Crippen LogP contribution in [-0.2, 0) is 6.42 Å². The van der Waals surface area contributed by atoms with Crippen molar-refractivity contribution in [3.05, 3.63) is 96.3 Å². The third-order valence-corrected chi connectivity index (χ3v) is 5.60. The first-order chi connectivity index (χ1) is 13.3. The maximum absolute atomic E-state index is 12.6. The molecule has 3 aromatic rings. The van der Waals surface area contributed by atoms with Crippen molar-refractivity contribution in [3.63, 3.8) is 0 Å². The van der Waals surface area contributed by atoms with Crippen LogP contribution in [0.5, 0.6) is 5.75 Å². The van der Waals surface area contributed by atoms with Crippen molar-refractivity contribution < 1.29 is 9.90 Å². The monoisotopic (exact) mass is 480 g/mol. The van der Waals surface area contributed by atoms with Gasteiger partial charge in [-0.15, -0.1) is 0 Å². The molecule has 5 nitrogen and oxygen atoms in total. The molecule has 0 radical (unpaired) electrons. The summed E-state index contributed by atoms with van der Waals surface area (Å²) < 4.78 is 2.29. The van der Waals surface area contributed by atoms with E-state index in [2.05, 4.69) is 15.9 Å². The number of pyridine rings is 1. The van der Waals surface area contributed by atoms with Crippen LogP contribution in [0.15, 0.2) is 64.0 Å². The predicted molar refractivity (Wildman–Crippen MR) is 113 cm³/mol. The van der Waals surface area contributed by atoms with E-state index in [9.17, 15) is 14.7 Å². The third kappa shape index (κ3) is 4.41. The lowest BCUT2D eigenvalue weighted by Gasteiger charge is -2.22. The first kappa shape index (κ1) is 20.5. The summed E-state index contributed by atoms with van der Waals surface area (Å²) >= 11 is 15.6. The van der Waals surface area contributed by atoms with Crippen molar-refractivity contribution >= 4 is 45.0 Å². The minimum Gasteiger partial charge on any atom is -0.507 e. The average Bonchev–Trinajstić information content (AvgIpc) is 2.64. The number of rotatable bonds is 5. The summed E-state index contributed by atoms with van der Waals surface area (Å²) in [6, 6.07) is 13.2. The van der Waals surface area contributed by atoms with Crippen LogP contribution in [0.4, 0.5) is 0 Å². The molecule has 144 valence electrons. The fourth-order valence-electron chi connectivity index (χ4n) is 2.91. The van der Waals surface area contributed by atoms with Gasteiger partial charge in [-0.05, 0) is 41.8 Å². The van der Waals surface area contributed by atoms with Crippen LogP contribution in [-0.4, -0.2) is 15.6 Å². The van der Waals surface area contributed by atoms with Crippen LogP contribution < -0.4 is 11.3 Å². The van der Waals surface area contributed by atoms with Gasteiger partial charge in [0, 0.05) is 16.7 Å². The number of benzene rings is 2. The molecular formula is C20H15BrCl2N2O3. The molecule has 1 heterocycles. The Kier molecular flexibility index (Phi) is 6.13. The molecule has 0 saturated heterocycles. The molecule has 3 N–H and O–H groups in total. The van der Waals surface area contributed by atoms with Gasteiger partial charge in [-0.25, -0.2) is 0 Å². The molecule has 1 aromatic heterocycles. The first-order valence-electron chi connectivity index (χ1n) is 8.20. The lowest BCUT2D eigenvalue weighted by atomic mass is 9.98. The van der Waals surface area contributed by atoms with Crippen LogP contribution >= 0.6 is 39.1 Å². The van der Waals surface area contributed by atoms with Crippen LogP contribution in [0.1, 0.15) is 27.5 Å². The molecule has 1 unspecified atom stereocenters. The molecule has 0 bridgehead atoms. The minimum atomic E-state index is -0.831.